The summed E-state index contributed by atoms with van der Waals surface area (Å²) in [5.41, 5.74) is 5.70. The Morgan fingerprint density at radius 2 is 1.91 bits per heavy atom. The van der Waals surface area contributed by atoms with Crippen LogP contribution in [0.3, 0.4) is 0 Å². The van der Waals surface area contributed by atoms with Gasteiger partial charge in [-0.25, -0.2) is 4.98 Å². The number of hydrogen-bond acceptors (Lipinski definition) is 7. The molecule has 6 rings (SSSR count). The van der Waals surface area contributed by atoms with Crippen molar-refractivity contribution in [1.29, 1.82) is 5.26 Å². The monoisotopic (exact) mass is 606 g/mol. The molecule has 1 aliphatic rings. The average molecular weight is 607 g/mol. The Hall–Kier alpha value is -4.00. The van der Waals surface area contributed by atoms with Crippen molar-refractivity contribution in [2.45, 2.75) is 58.7 Å². The van der Waals surface area contributed by atoms with Gasteiger partial charge >= 0.3 is 0 Å². The fourth-order valence-electron chi connectivity index (χ4n) is 5.82. The van der Waals surface area contributed by atoms with E-state index in [-0.39, 0.29) is 17.1 Å². The Morgan fingerprint density at radius 1 is 1.14 bits per heavy atom. The largest absolute Gasteiger partial charge is 0.316 e. The lowest BCUT2D eigenvalue weighted by atomic mass is 9.72. The number of rotatable bonds is 7. The topological polar surface area (TPSA) is 96.5 Å². The molecule has 0 bridgehead atoms. The normalized spacial score (nSPS) is 14.8. The zero-order chi connectivity index (χ0) is 30.1. The van der Waals surface area contributed by atoms with Crippen molar-refractivity contribution in [3.63, 3.8) is 0 Å². The number of benzene rings is 2. The second kappa shape index (κ2) is 11.9. The molecule has 1 aliphatic carbocycles. The molecule has 43 heavy (non-hydrogen) atoms. The van der Waals surface area contributed by atoms with Gasteiger partial charge in [0.1, 0.15) is 11.1 Å². The fourth-order valence-corrected chi connectivity index (χ4v) is 7.92. The third-order valence-electron chi connectivity index (χ3n) is 8.25. The van der Waals surface area contributed by atoms with Crippen LogP contribution >= 0.6 is 23.1 Å². The Labute approximate surface area is 260 Å². The molecule has 0 aliphatic heterocycles. The number of pyridine rings is 1. The smallest absolute Gasteiger partial charge is 0.235 e. The lowest BCUT2D eigenvalue weighted by molar-refractivity contribution is -0.113. The van der Waals surface area contributed by atoms with Crippen LogP contribution in [0.1, 0.15) is 50.1 Å². The number of nitriles is 1. The summed E-state index contributed by atoms with van der Waals surface area (Å²) in [6, 6.07) is 22.6. The average Bonchev–Trinajstić information content (AvgIpc) is 3.59. The van der Waals surface area contributed by atoms with E-state index < -0.39 is 0 Å². The van der Waals surface area contributed by atoms with Gasteiger partial charge in [0, 0.05) is 27.9 Å². The van der Waals surface area contributed by atoms with Gasteiger partial charge in [-0.15, -0.1) is 21.5 Å². The van der Waals surface area contributed by atoms with E-state index in [1.807, 2.05) is 41.0 Å². The van der Waals surface area contributed by atoms with Crippen molar-refractivity contribution in [3.8, 4) is 28.7 Å². The number of fused-ring (bicyclic) bond motifs is 2. The predicted octanol–water partition coefficient (Wildman–Crippen LogP) is 8.00. The molecule has 0 spiro atoms. The summed E-state index contributed by atoms with van der Waals surface area (Å²) in [4.78, 5) is 19.3. The van der Waals surface area contributed by atoms with E-state index in [0.29, 0.717) is 28.2 Å². The molecule has 2 aromatic carbocycles. The Morgan fingerprint density at radius 3 is 2.65 bits per heavy atom. The van der Waals surface area contributed by atoms with E-state index in [0.717, 1.165) is 58.4 Å². The molecule has 0 fully saturated rings. The van der Waals surface area contributed by atoms with Gasteiger partial charge in [-0.05, 0) is 55.2 Å². The van der Waals surface area contributed by atoms with Crippen LogP contribution in [-0.4, -0.2) is 31.4 Å². The molecule has 1 atom stereocenters. The lowest BCUT2D eigenvalue weighted by Crippen LogP contribution is -2.26. The zero-order valence-corrected chi connectivity index (χ0v) is 26.5. The van der Waals surface area contributed by atoms with Crippen molar-refractivity contribution in [3.05, 3.63) is 76.7 Å². The maximum absolute atomic E-state index is 13.1. The maximum atomic E-state index is 13.1. The highest BCUT2D eigenvalue weighted by Crippen LogP contribution is 2.44. The molecule has 3 aromatic heterocycles. The van der Waals surface area contributed by atoms with Gasteiger partial charge < -0.3 is 9.88 Å². The number of amides is 1. The first-order chi connectivity index (χ1) is 20.8. The molecule has 9 heteroatoms. The summed E-state index contributed by atoms with van der Waals surface area (Å²) in [5.74, 6) is 1.33. The van der Waals surface area contributed by atoms with E-state index in [2.05, 4.69) is 73.5 Å². The predicted molar refractivity (Wildman–Crippen MR) is 175 cm³/mol. The van der Waals surface area contributed by atoms with Gasteiger partial charge in [0.05, 0.1) is 22.5 Å². The molecule has 218 valence electrons. The number of anilines is 1. The number of aromatic nitrogens is 4. The molecule has 7 nitrogen and oxygen atoms in total. The minimum Gasteiger partial charge on any atom is -0.316 e. The number of para-hydroxylation sites is 1. The molecule has 1 N–H and O–H groups in total. The van der Waals surface area contributed by atoms with Crippen LogP contribution in [-0.2, 0) is 24.2 Å². The van der Waals surface area contributed by atoms with Crippen LogP contribution in [0.4, 0.5) is 5.00 Å². The number of nitrogens with zero attached hydrogens (tertiary/aromatic N) is 5. The Balaban J connectivity index is 1.23. The number of hydrogen-bond donors (Lipinski definition) is 1. The summed E-state index contributed by atoms with van der Waals surface area (Å²) < 4.78 is 2.05. The quantitative estimate of drug-likeness (QED) is 0.189. The number of thioether (sulfide) groups is 1. The number of thiophene rings is 1. The van der Waals surface area contributed by atoms with Crippen LogP contribution < -0.4 is 5.32 Å². The number of carbonyl (C=O) groups is 1. The molecular weight excluding hydrogens is 573 g/mol. The molecular formula is C34H34N6OS2. The summed E-state index contributed by atoms with van der Waals surface area (Å²) in [6.07, 6.45) is 2.92. The third-order valence-corrected chi connectivity index (χ3v) is 10.4. The van der Waals surface area contributed by atoms with Crippen molar-refractivity contribution >= 4 is 44.9 Å². The standard InChI is InChI=1S/C34H34N6OS2/c1-5-40-31(25-18-28(21-11-7-6-8-12-21)36-27-14-10-9-13-23(25)27)38-39-33(40)42-20-30(41)37-32-26(19-35)24-16-15-22(34(2,3)4)17-29(24)43-32/h6-14,18,22H,5,15-17,20H2,1-4H3,(H,37,41). The lowest BCUT2D eigenvalue weighted by Gasteiger charge is -2.33. The van der Waals surface area contributed by atoms with E-state index in [9.17, 15) is 10.1 Å². The van der Waals surface area contributed by atoms with E-state index in [1.165, 1.54) is 16.6 Å². The molecule has 5 aromatic rings. The van der Waals surface area contributed by atoms with Crippen LogP contribution in [0.15, 0.2) is 65.8 Å². The van der Waals surface area contributed by atoms with Crippen molar-refractivity contribution in [2.24, 2.45) is 11.3 Å². The van der Waals surface area contributed by atoms with Crippen LogP contribution in [0.2, 0.25) is 0 Å². The second-order valence-electron chi connectivity index (χ2n) is 12.0. The summed E-state index contributed by atoms with van der Waals surface area (Å²) in [6.45, 7) is 9.54. The van der Waals surface area contributed by atoms with Gasteiger partial charge in [0.2, 0.25) is 5.91 Å². The van der Waals surface area contributed by atoms with Crippen molar-refractivity contribution in [2.75, 3.05) is 11.1 Å². The van der Waals surface area contributed by atoms with Gasteiger partial charge in [-0.3, -0.25) is 4.79 Å². The van der Waals surface area contributed by atoms with Gasteiger partial charge in [-0.2, -0.15) is 5.26 Å². The van der Waals surface area contributed by atoms with E-state index in [4.69, 9.17) is 4.98 Å². The summed E-state index contributed by atoms with van der Waals surface area (Å²) in [5, 5.41) is 24.4. The second-order valence-corrected chi connectivity index (χ2v) is 14.0. The van der Waals surface area contributed by atoms with Crippen molar-refractivity contribution in [1.82, 2.24) is 19.7 Å². The fraction of sp³-hybridized carbons (Fsp3) is 0.324. The molecule has 1 unspecified atom stereocenters. The highest BCUT2D eigenvalue weighted by molar-refractivity contribution is 7.99. The third kappa shape index (κ3) is 5.82. The van der Waals surface area contributed by atoms with Crippen molar-refractivity contribution < 1.29 is 4.79 Å². The molecule has 0 saturated heterocycles. The Bertz CT molecular complexity index is 1840. The number of nitrogens with one attached hydrogen (secondary N) is 1. The summed E-state index contributed by atoms with van der Waals surface area (Å²) in [7, 11) is 0. The molecule has 3 heterocycles. The first-order valence-corrected chi connectivity index (χ1v) is 16.4. The molecule has 0 radical (unpaired) electrons. The van der Waals surface area contributed by atoms with Crippen LogP contribution in [0.25, 0.3) is 33.5 Å². The van der Waals surface area contributed by atoms with Crippen LogP contribution in [0, 0.1) is 22.7 Å². The highest BCUT2D eigenvalue weighted by atomic mass is 32.2. The van der Waals surface area contributed by atoms with Gasteiger partial charge in [-0.1, -0.05) is 81.1 Å². The van der Waals surface area contributed by atoms with Gasteiger partial charge in [0.25, 0.3) is 0 Å². The first kappa shape index (κ1) is 29.1. The maximum Gasteiger partial charge on any atom is 0.235 e. The van der Waals surface area contributed by atoms with E-state index >= 15 is 0 Å². The van der Waals surface area contributed by atoms with Crippen LogP contribution in [0.5, 0.6) is 0 Å². The minimum absolute atomic E-state index is 0.152. The SMILES string of the molecule is CCn1c(SCC(=O)Nc2sc3c(c2C#N)CCC(C(C)(C)C)C3)nnc1-c1cc(-c2ccccc2)nc2ccccc12. The Kier molecular flexibility index (Phi) is 8.08. The highest BCUT2D eigenvalue weighted by Gasteiger charge is 2.32. The minimum atomic E-state index is -0.152. The zero-order valence-electron chi connectivity index (χ0n) is 24.8. The first-order valence-electron chi connectivity index (χ1n) is 14.6. The summed E-state index contributed by atoms with van der Waals surface area (Å²) >= 11 is 2.92. The molecule has 1 amide bonds. The van der Waals surface area contributed by atoms with Gasteiger partial charge in [0.15, 0.2) is 11.0 Å². The number of carbonyl (C=O) groups excluding carboxylic acids is 1. The van der Waals surface area contributed by atoms with E-state index in [1.54, 1.807) is 11.3 Å². The molecule has 0 saturated carbocycles.